The number of fused-ring (bicyclic) bond motifs is 3. The Hall–Kier alpha value is -2.25. The van der Waals surface area contributed by atoms with E-state index in [9.17, 15) is 9.59 Å². The number of benzene rings is 1. The van der Waals surface area contributed by atoms with E-state index in [-0.39, 0.29) is 23.4 Å². The van der Waals surface area contributed by atoms with Gasteiger partial charge in [-0.2, -0.15) is 0 Å². The van der Waals surface area contributed by atoms with E-state index in [2.05, 4.69) is 36.4 Å². The number of rotatable bonds is 3. The van der Waals surface area contributed by atoms with Crippen molar-refractivity contribution >= 4 is 44.7 Å². The number of nitrogens with zero attached hydrogens (tertiary/aromatic N) is 3. The normalized spacial score (nSPS) is 16.5. The third kappa shape index (κ3) is 4.01. The zero-order valence-electron chi connectivity index (χ0n) is 17.6. The zero-order valence-corrected chi connectivity index (χ0v) is 19.2. The molecule has 1 aromatic carbocycles. The molecule has 0 aliphatic heterocycles. The van der Waals surface area contributed by atoms with Crippen molar-refractivity contribution < 1.29 is 4.79 Å². The summed E-state index contributed by atoms with van der Waals surface area (Å²) in [7, 11) is 0. The molecule has 1 aliphatic rings. The number of nitrogens with one attached hydrogen (secondary N) is 1. The van der Waals surface area contributed by atoms with Crippen molar-refractivity contribution in [2.75, 3.05) is 5.32 Å². The fraction of sp³-hybridized carbons (Fsp3) is 0.455. The molecule has 30 heavy (non-hydrogen) atoms. The first kappa shape index (κ1) is 21.0. The molecule has 1 aliphatic carbocycles. The van der Waals surface area contributed by atoms with Crippen LogP contribution in [-0.4, -0.2) is 20.9 Å². The second-order valence-electron chi connectivity index (χ2n) is 9.05. The highest BCUT2D eigenvalue weighted by molar-refractivity contribution is 7.18. The number of hydrogen-bond donors (Lipinski definition) is 1. The third-order valence-electron chi connectivity index (χ3n) is 5.91. The molecule has 0 fully saturated rings. The zero-order chi connectivity index (χ0) is 21.6. The van der Waals surface area contributed by atoms with Crippen LogP contribution in [0.15, 0.2) is 23.0 Å². The van der Waals surface area contributed by atoms with Gasteiger partial charge in [-0.05, 0) is 60.8 Å². The first-order valence-electron chi connectivity index (χ1n) is 10.1. The predicted octanol–water partition coefficient (Wildman–Crippen LogP) is 4.60. The van der Waals surface area contributed by atoms with Crippen LogP contribution in [0.1, 0.15) is 43.2 Å². The van der Waals surface area contributed by atoms with Crippen LogP contribution in [0.2, 0.25) is 5.02 Å². The number of carbonyl (C=O) groups is 1. The van der Waals surface area contributed by atoms with E-state index in [1.54, 1.807) is 23.5 Å². The van der Waals surface area contributed by atoms with Crippen molar-refractivity contribution in [1.82, 2.24) is 15.0 Å². The largest absolute Gasteiger partial charge is 0.324 e. The maximum atomic E-state index is 13.1. The molecule has 8 heteroatoms. The number of hydrogen-bond acceptors (Lipinski definition) is 5. The summed E-state index contributed by atoms with van der Waals surface area (Å²) in [6.07, 6.45) is 2.89. The van der Waals surface area contributed by atoms with E-state index in [0.29, 0.717) is 26.8 Å². The Kier molecular flexibility index (Phi) is 5.45. The van der Waals surface area contributed by atoms with Gasteiger partial charge in [-0.25, -0.2) is 4.68 Å². The summed E-state index contributed by atoms with van der Waals surface area (Å²) < 4.78 is 1.15. The number of amides is 1. The van der Waals surface area contributed by atoms with Crippen molar-refractivity contribution in [3.8, 4) is 0 Å². The molecule has 3 aromatic rings. The highest BCUT2D eigenvalue weighted by Gasteiger charge is 2.32. The number of aryl methyl sites for hydroxylation is 2. The lowest BCUT2D eigenvalue weighted by Crippen LogP contribution is -2.31. The van der Waals surface area contributed by atoms with E-state index in [0.717, 1.165) is 35.1 Å². The van der Waals surface area contributed by atoms with E-state index < -0.39 is 0 Å². The molecular formula is C22H25ClN4O2S. The number of aromatic nitrogens is 3. The van der Waals surface area contributed by atoms with Crippen molar-refractivity contribution in [3.05, 3.63) is 49.6 Å². The smallest absolute Gasteiger partial charge is 0.279 e. The van der Waals surface area contributed by atoms with Crippen LogP contribution in [0, 0.1) is 18.3 Å². The molecular weight excluding hydrogens is 420 g/mol. The fourth-order valence-corrected chi connectivity index (χ4v) is 5.39. The summed E-state index contributed by atoms with van der Waals surface area (Å²) in [6, 6.07) is 5.30. The van der Waals surface area contributed by atoms with Gasteiger partial charge in [0.15, 0.2) is 4.83 Å². The standard InChI is InChI=1S/C22H25ClN4O2S/c1-12-5-7-14(10-16(12)23)24-18(28)11-27-21(29)19-15-8-6-13(22(2,3)4)9-17(15)30-20(19)25-26-27/h5,7,10,13H,6,8-9,11H2,1-4H3,(H,24,28)/t13-/m1/s1. The molecule has 0 spiro atoms. The third-order valence-corrected chi connectivity index (χ3v) is 7.46. The average molecular weight is 445 g/mol. The maximum absolute atomic E-state index is 13.1. The molecule has 158 valence electrons. The number of halogens is 1. The molecule has 4 rings (SSSR count). The Morgan fingerprint density at radius 1 is 1.37 bits per heavy atom. The Labute approximate surface area is 184 Å². The van der Waals surface area contributed by atoms with Gasteiger partial charge < -0.3 is 5.32 Å². The van der Waals surface area contributed by atoms with Crippen molar-refractivity contribution in [2.45, 2.75) is 53.5 Å². The lowest BCUT2D eigenvalue weighted by molar-refractivity contribution is -0.117. The van der Waals surface area contributed by atoms with Crippen LogP contribution in [-0.2, 0) is 24.2 Å². The predicted molar refractivity (Wildman–Crippen MR) is 121 cm³/mol. The van der Waals surface area contributed by atoms with Crippen molar-refractivity contribution in [2.24, 2.45) is 11.3 Å². The van der Waals surface area contributed by atoms with Crippen LogP contribution in [0.3, 0.4) is 0 Å². The molecule has 6 nitrogen and oxygen atoms in total. The highest BCUT2D eigenvalue weighted by atomic mass is 35.5. The summed E-state index contributed by atoms with van der Waals surface area (Å²) in [4.78, 5) is 27.5. The van der Waals surface area contributed by atoms with Crippen LogP contribution >= 0.6 is 22.9 Å². The topological polar surface area (TPSA) is 76.9 Å². The SMILES string of the molecule is Cc1ccc(NC(=O)Cn2nnc3sc4c(c3c2=O)CC[C@@H](C(C)(C)C)C4)cc1Cl. The first-order chi connectivity index (χ1) is 14.1. The lowest BCUT2D eigenvalue weighted by atomic mass is 9.72. The highest BCUT2D eigenvalue weighted by Crippen LogP contribution is 2.41. The minimum absolute atomic E-state index is 0.192. The lowest BCUT2D eigenvalue weighted by Gasteiger charge is -2.33. The van der Waals surface area contributed by atoms with E-state index in [1.807, 2.05) is 13.0 Å². The molecule has 0 unspecified atom stereocenters. The van der Waals surface area contributed by atoms with Crippen LogP contribution in [0.5, 0.6) is 0 Å². The van der Waals surface area contributed by atoms with Gasteiger partial charge >= 0.3 is 0 Å². The molecule has 1 N–H and O–H groups in total. The van der Waals surface area contributed by atoms with Gasteiger partial charge in [0.2, 0.25) is 5.91 Å². The Morgan fingerprint density at radius 2 is 2.13 bits per heavy atom. The van der Waals surface area contributed by atoms with E-state index in [1.165, 1.54) is 4.88 Å². The molecule has 0 saturated heterocycles. The first-order valence-corrected chi connectivity index (χ1v) is 11.3. The second-order valence-corrected chi connectivity index (χ2v) is 10.5. The minimum Gasteiger partial charge on any atom is -0.324 e. The summed E-state index contributed by atoms with van der Waals surface area (Å²) in [6.45, 7) is 8.50. The molecule has 0 radical (unpaired) electrons. The van der Waals surface area contributed by atoms with Crippen LogP contribution in [0.25, 0.3) is 10.2 Å². The molecule has 2 aromatic heterocycles. The van der Waals surface area contributed by atoms with Crippen molar-refractivity contribution in [1.29, 1.82) is 0 Å². The average Bonchev–Trinajstić information content (AvgIpc) is 3.05. The number of thiophene rings is 1. The van der Waals surface area contributed by atoms with Crippen LogP contribution in [0.4, 0.5) is 5.69 Å². The molecule has 1 amide bonds. The summed E-state index contributed by atoms with van der Waals surface area (Å²) in [5.41, 5.74) is 2.59. The van der Waals surface area contributed by atoms with Gasteiger partial charge in [-0.15, -0.1) is 16.4 Å². The van der Waals surface area contributed by atoms with Crippen molar-refractivity contribution in [3.63, 3.8) is 0 Å². The summed E-state index contributed by atoms with van der Waals surface area (Å²) in [5.74, 6) is 0.239. The second kappa shape index (κ2) is 7.78. The van der Waals surface area contributed by atoms with E-state index >= 15 is 0 Å². The van der Waals surface area contributed by atoms with Gasteiger partial charge in [-0.1, -0.05) is 43.7 Å². The quantitative estimate of drug-likeness (QED) is 0.640. The van der Waals surface area contributed by atoms with Gasteiger partial charge in [0.1, 0.15) is 6.54 Å². The van der Waals surface area contributed by atoms with Gasteiger partial charge in [0.05, 0.1) is 5.39 Å². The Morgan fingerprint density at radius 3 is 2.83 bits per heavy atom. The number of carbonyl (C=O) groups excluding carboxylic acids is 1. The monoisotopic (exact) mass is 444 g/mol. The van der Waals surface area contributed by atoms with Gasteiger partial charge in [0.25, 0.3) is 5.56 Å². The van der Waals surface area contributed by atoms with Gasteiger partial charge in [0, 0.05) is 15.6 Å². The molecule has 2 heterocycles. The summed E-state index contributed by atoms with van der Waals surface area (Å²) in [5, 5.41) is 12.2. The minimum atomic E-state index is -0.345. The molecule has 0 bridgehead atoms. The molecule has 1 atom stereocenters. The molecule has 0 saturated carbocycles. The van der Waals surface area contributed by atoms with Gasteiger partial charge in [-0.3, -0.25) is 9.59 Å². The maximum Gasteiger partial charge on any atom is 0.279 e. The Balaban J connectivity index is 1.59. The fourth-order valence-electron chi connectivity index (χ4n) is 3.98. The summed E-state index contributed by atoms with van der Waals surface area (Å²) >= 11 is 7.68. The Bertz CT molecular complexity index is 1190. The van der Waals surface area contributed by atoms with Crippen LogP contribution < -0.4 is 10.9 Å². The van der Waals surface area contributed by atoms with E-state index in [4.69, 9.17) is 11.6 Å². The number of anilines is 1.